The van der Waals surface area contributed by atoms with Gasteiger partial charge in [-0.3, -0.25) is 0 Å². The summed E-state index contributed by atoms with van der Waals surface area (Å²) in [5, 5.41) is 17.9. The monoisotopic (exact) mass is 372 g/mol. The van der Waals surface area contributed by atoms with Gasteiger partial charge in [-0.25, -0.2) is 9.59 Å². The SMILES string of the molecule is CCCCCCCCCCC/C=C\c1cccc(C=C(C(=O)O)C(=O)O)c1. The number of allylic oxidation sites excluding steroid dienone is 1. The Morgan fingerprint density at radius 2 is 1.41 bits per heavy atom. The molecule has 0 atom stereocenters. The van der Waals surface area contributed by atoms with Crippen LogP contribution in [0.15, 0.2) is 35.9 Å². The molecule has 1 aromatic carbocycles. The lowest BCUT2D eigenvalue weighted by atomic mass is 10.1. The number of benzene rings is 1. The third-order valence-corrected chi connectivity index (χ3v) is 4.47. The highest BCUT2D eigenvalue weighted by molar-refractivity contribution is 6.16. The third-order valence-electron chi connectivity index (χ3n) is 4.47. The normalized spacial score (nSPS) is 10.9. The van der Waals surface area contributed by atoms with Crippen LogP contribution >= 0.6 is 0 Å². The van der Waals surface area contributed by atoms with Crippen LogP contribution in [0.1, 0.15) is 82.3 Å². The Labute approximate surface area is 162 Å². The lowest BCUT2D eigenvalue weighted by Gasteiger charge is -2.01. The zero-order valence-electron chi connectivity index (χ0n) is 16.3. The number of hydrogen-bond donors (Lipinski definition) is 2. The standard InChI is InChI=1S/C23H32O4/c1-2-3-4-5-6-7-8-9-10-11-12-14-19-15-13-16-20(17-19)18-21(22(24)25)23(26)27/h12-18H,2-11H2,1H3,(H,24,25)(H,26,27)/b14-12-. The van der Waals surface area contributed by atoms with Gasteiger partial charge in [0, 0.05) is 0 Å². The fraction of sp³-hybridized carbons (Fsp3) is 0.478. The molecule has 4 heteroatoms. The number of hydrogen-bond acceptors (Lipinski definition) is 2. The minimum absolute atomic E-state index is 0.569. The molecule has 27 heavy (non-hydrogen) atoms. The summed E-state index contributed by atoms with van der Waals surface area (Å²) in [7, 11) is 0. The smallest absolute Gasteiger partial charge is 0.343 e. The molecular weight excluding hydrogens is 340 g/mol. The summed E-state index contributed by atoms with van der Waals surface area (Å²) >= 11 is 0. The van der Waals surface area contributed by atoms with E-state index < -0.39 is 17.5 Å². The van der Waals surface area contributed by atoms with Crippen molar-refractivity contribution in [2.45, 2.75) is 71.1 Å². The van der Waals surface area contributed by atoms with E-state index in [1.54, 1.807) is 18.2 Å². The molecule has 0 unspecified atom stereocenters. The molecule has 148 valence electrons. The third kappa shape index (κ3) is 10.4. The molecule has 0 bridgehead atoms. The van der Waals surface area contributed by atoms with Crippen LogP contribution < -0.4 is 0 Å². The molecule has 0 radical (unpaired) electrons. The number of unbranched alkanes of at least 4 members (excludes halogenated alkanes) is 9. The first-order chi connectivity index (χ1) is 13.0. The van der Waals surface area contributed by atoms with Crippen LogP contribution in [0.5, 0.6) is 0 Å². The molecule has 2 N–H and O–H groups in total. The molecule has 0 saturated carbocycles. The maximum Gasteiger partial charge on any atom is 0.343 e. The highest BCUT2D eigenvalue weighted by Crippen LogP contribution is 2.14. The first-order valence-corrected chi connectivity index (χ1v) is 9.99. The van der Waals surface area contributed by atoms with E-state index in [1.165, 1.54) is 63.9 Å². The Morgan fingerprint density at radius 3 is 2.00 bits per heavy atom. The fourth-order valence-electron chi connectivity index (χ4n) is 2.93. The van der Waals surface area contributed by atoms with Gasteiger partial charge in [-0.2, -0.15) is 0 Å². The van der Waals surface area contributed by atoms with Crippen molar-refractivity contribution in [1.29, 1.82) is 0 Å². The van der Waals surface area contributed by atoms with Crippen LogP contribution in [0, 0.1) is 0 Å². The predicted molar refractivity (Wildman–Crippen MR) is 111 cm³/mol. The van der Waals surface area contributed by atoms with E-state index in [0.29, 0.717) is 5.56 Å². The number of aliphatic carboxylic acids is 2. The van der Waals surface area contributed by atoms with Crippen molar-refractivity contribution in [3.8, 4) is 0 Å². The highest BCUT2D eigenvalue weighted by atomic mass is 16.4. The Balaban J connectivity index is 2.35. The van der Waals surface area contributed by atoms with E-state index in [-0.39, 0.29) is 0 Å². The summed E-state index contributed by atoms with van der Waals surface area (Å²) in [6, 6.07) is 7.21. The molecule has 1 aromatic rings. The summed E-state index contributed by atoms with van der Waals surface area (Å²) in [6.07, 6.45) is 18.1. The molecule has 4 nitrogen and oxygen atoms in total. The number of carboxylic acids is 2. The van der Waals surface area contributed by atoms with Crippen LogP contribution in [0.4, 0.5) is 0 Å². The van der Waals surface area contributed by atoms with E-state index in [2.05, 4.69) is 13.0 Å². The van der Waals surface area contributed by atoms with Crippen LogP contribution in [0.3, 0.4) is 0 Å². The number of carboxylic acid groups (broad SMARTS) is 2. The van der Waals surface area contributed by atoms with Crippen LogP contribution in [-0.2, 0) is 9.59 Å². The van der Waals surface area contributed by atoms with E-state index in [1.807, 2.05) is 12.1 Å². The van der Waals surface area contributed by atoms with E-state index >= 15 is 0 Å². The van der Waals surface area contributed by atoms with E-state index in [4.69, 9.17) is 10.2 Å². The van der Waals surface area contributed by atoms with Crippen molar-refractivity contribution >= 4 is 24.1 Å². The molecule has 0 fully saturated rings. The van der Waals surface area contributed by atoms with Crippen molar-refractivity contribution in [2.24, 2.45) is 0 Å². The van der Waals surface area contributed by atoms with Gasteiger partial charge in [0.1, 0.15) is 5.57 Å². The quantitative estimate of drug-likeness (QED) is 0.177. The molecule has 0 aromatic heterocycles. The summed E-state index contributed by atoms with van der Waals surface area (Å²) in [6.45, 7) is 2.24. The lowest BCUT2D eigenvalue weighted by Crippen LogP contribution is -2.10. The van der Waals surface area contributed by atoms with Gasteiger partial charge in [-0.1, -0.05) is 88.6 Å². The molecule has 0 aliphatic carbocycles. The van der Waals surface area contributed by atoms with Crippen molar-refractivity contribution in [3.05, 3.63) is 47.0 Å². The molecule has 0 heterocycles. The summed E-state index contributed by atoms with van der Waals surface area (Å²) in [5.41, 5.74) is 0.876. The van der Waals surface area contributed by atoms with Crippen molar-refractivity contribution < 1.29 is 19.8 Å². The van der Waals surface area contributed by atoms with Gasteiger partial charge in [0.15, 0.2) is 0 Å². The second kappa shape index (κ2) is 13.8. The van der Waals surface area contributed by atoms with E-state index in [9.17, 15) is 9.59 Å². The van der Waals surface area contributed by atoms with Gasteiger partial charge in [0.05, 0.1) is 0 Å². The van der Waals surface area contributed by atoms with Crippen molar-refractivity contribution in [1.82, 2.24) is 0 Å². The molecule has 0 spiro atoms. The maximum absolute atomic E-state index is 11.0. The Hall–Kier alpha value is -2.36. The van der Waals surface area contributed by atoms with Gasteiger partial charge < -0.3 is 10.2 Å². The fourth-order valence-corrected chi connectivity index (χ4v) is 2.93. The summed E-state index contributed by atoms with van der Waals surface area (Å²) in [5.74, 6) is -2.87. The van der Waals surface area contributed by atoms with Gasteiger partial charge in [-0.05, 0) is 36.1 Å². The van der Waals surface area contributed by atoms with Crippen LogP contribution in [0.25, 0.3) is 12.2 Å². The van der Waals surface area contributed by atoms with Gasteiger partial charge >= 0.3 is 11.9 Å². The molecule has 0 saturated heterocycles. The lowest BCUT2D eigenvalue weighted by molar-refractivity contribution is -0.140. The average molecular weight is 373 g/mol. The zero-order valence-corrected chi connectivity index (χ0v) is 16.3. The predicted octanol–water partition coefficient (Wildman–Crippen LogP) is 6.17. The molecular formula is C23H32O4. The second-order valence-corrected chi connectivity index (χ2v) is 6.86. The minimum Gasteiger partial charge on any atom is -0.477 e. The zero-order chi connectivity index (χ0) is 19.9. The summed E-state index contributed by atoms with van der Waals surface area (Å²) in [4.78, 5) is 21.9. The number of carbonyl (C=O) groups is 2. The molecule has 1 rings (SSSR count). The first kappa shape index (κ1) is 22.7. The molecule has 0 aliphatic rings. The van der Waals surface area contributed by atoms with Crippen molar-refractivity contribution in [3.63, 3.8) is 0 Å². The Kier molecular flexibility index (Phi) is 11.6. The minimum atomic E-state index is -1.44. The largest absolute Gasteiger partial charge is 0.477 e. The van der Waals surface area contributed by atoms with Gasteiger partial charge in [0.25, 0.3) is 0 Å². The summed E-state index contributed by atoms with van der Waals surface area (Å²) < 4.78 is 0. The first-order valence-electron chi connectivity index (χ1n) is 9.99. The molecule has 0 aliphatic heterocycles. The second-order valence-electron chi connectivity index (χ2n) is 6.86. The highest BCUT2D eigenvalue weighted by Gasteiger charge is 2.15. The number of rotatable bonds is 14. The Bertz CT molecular complexity index is 628. The van der Waals surface area contributed by atoms with E-state index in [0.717, 1.165) is 12.0 Å². The topological polar surface area (TPSA) is 74.6 Å². The van der Waals surface area contributed by atoms with Gasteiger partial charge in [0.2, 0.25) is 0 Å². The Morgan fingerprint density at radius 1 is 0.852 bits per heavy atom. The molecule has 0 amide bonds. The van der Waals surface area contributed by atoms with Crippen molar-refractivity contribution in [2.75, 3.05) is 0 Å². The van der Waals surface area contributed by atoms with Crippen LogP contribution in [-0.4, -0.2) is 22.2 Å². The average Bonchev–Trinajstić information content (AvgIpc) is 2.64. The van der Waals surface area contributed by atoms with Gasteiger partial charge in [-0.15, -0.1) is 0 Å². The maximum atomic E-state index is 11.0. The van der Waals surface area contributed by atoms with Crippen LogP contribution in [0.2, 0.25) is 0 Å².